The molecule has 5 nitrogen and oxygen atoms in total. The van der Waals surface area contributed by atoms with Crippen LogP contribution in [0.4, 0.5) is 5.69 Å². The van der Waals surface area contributed by atoms with Crippen LogP contribution in [0.1, 0.15) is 31.7 Å². The highest BCUT2D eigenvalue weighted by Gasteiger charge is 2.25. The van der Waals surface area contributed by atoms with Gasteiger partial charge in [-0.1, -0.05) is 12.1 Å². The summed E-state index contributed by atoms with van der Waals surface area (Å²) in [7, 11) is 0. The summed E-state index contributed by atoms with van der Waals surface area (Å²) in [5.41, 5.74) is 1.06. The number of hydrogen-bond donors (Lipinski definition) is 0. The maximum absolute atomic E-state index is 11.2. The van der Waals surface area contributed by atoms with Gasteiger partial charge in [0.05, 0.1) is 4.92 Å². The first-order valence-electron chi connectivity index (χ1n) is 6.53. The third kappa shape index (κ3) is 3.61. The molecule has 1 atom stereocenters. The SMILES string of the molecule is CC(=O)CC1CCCN1Cc1cccc([N+](=O)[O-])c1. The lowest BCUT2D eigenvalue weighted by Gasteiger charge is -2.23. The Kier molecular flexibility index (Phi) is 4.27. The quantitative estimate of drug-likeness (QED) is 0.604. The molecule has 0 amide bonds. The predicted molar refractivity (Wildman–Crippen MR) is 71.8 cm³/mol. The first kappa shape index (κ1) is 13.7. The molecule has 2 rings (SSSR count). The second-order valence-electron chi connectivity index (χ2n) is 5.10. The Morgan fingerprint density at radius 2 is 2.32 bits per heavy atom. The predicted octanol–water partition coefficient (Wildman–Crippen LogP) is 2.54. The number of rotatable bonds is 5. The molecule has 0 aliphatic carbocycles. The monoisotopic (exact) mass is 262 g/mol. The lowest BCUT2D eigenvalue weighted by atomic mass is 10.1. The van der Waals surface area contributed by atoms with E-state index in [-0.39, 0.29) is 22.4 Å². The summed E-state index contributed by atoms with van der Waals surface area (Å²) in [6, 6.07) is 7.01. The van der Waals surface area contributed by atoms with E-state index in [1.54, 1.807) is 19.1 Å². The van der Waals surface area contributed by atoms with Gasteiger partial charge in [-0.05, 0) is 31.9 Å². The zero-order valence-electron chi connectivity index (χ0n) is 11.0. The van der Waals surface area contributed by atoms with Crippen LogP contribution in [-0.4, -0.2) is 28.2 Å². The van der Waals surface area contributed by atoms with Crippen LogP contribution in [0.3, 0.4) is 0 Å². The summed E-state index contributed by atoms with van der Waals surface area (Å²) in [6.07, 6.45) is 2.70. The second kappa shape index (κ2) is 5.93. The van der Waals surface area contributed by atoms with Crippen molar-refractivity contribution in [1.82, 2.24) is 4.90 Å². The Balaban J connectivity index is 2.05. The fourth-order valence-electron chi connectivity index (χ4n) is 2.67. The summed E-state index contributed by atoms with van der Waals surface area (Å²) in [6.45, 7) is 3.25. The minimum atomic E-state index is -0.374. The number of likely N-dealkylation sites (tertiary alicyclic amines) is 1. The molecule has 0 bridgehead atoms. The van der Waals surface area contributed by atoms with Crippen molar-refractivity contribution in [2.24, 2.45) is 0 Å². The largest absolute Gasteiger partial charge is 0.300 e. The molecule has 0 radical (unpaired) electrons. The highest BCUT2D eigenvalue weighted by molar-refractivity contribution is 5.76. The van der Waals surface area contributed by atoms with Gasteiger partial charge in [0.1, 0.15) is 5.78 Å². The first-order chi connectivity index (χ1) is 9.06. The van der Waals surface area contributed by atoms with Crippen molar-refractivity contribution in [3.63, 3.8) is 0 Å². The van der Waals surface area contributed by atoms with Gasteiger partial charge in [0, 0.05) is 31.1 Å². The number of carbonyl (C=O) groups excluding carboxylic acids is 1. The smallest absolute Gasteiger partial charge is 0.269 e. The van der Waals surface area contributed by atoms with Crippen LogP contribution < -0.4 is 0 Å². The van der Waals surface area contributed by atoms with E-state index in [1.807, 2.05) is 6.07 Å². The van der Waals surface area contributed by atoms with Gasteiger partial charge in [0.2, 0.25) is 0 Å². The molecule has 102 valence electrons. The van der Waals surface area contributed by atoms with Gasteiger partial charge in [0.25, 0.3) is 5.69 Å². The summed E-state index contributed by atoms with van der Waals surface area (Å²) in [5.74, 6) is 0.205. The van der Waals surface area contributed by atoms with Crippen molar-refractivity contribution < 1.29 is 9.72 Å². The molecule has 1 aliphatic heterocycles. The molecule has 0 spiro atoms. The van der Waals surface area contributed by atoms with E-state index in [2.05, 4.69) is 4.90 Å². The van der Waals surface area contributed by atoms with Gasteiger partial charge in [-0.15, -0.1) is 0 Å². The molecule has 1 fully saturated rings. The molecule has 1 heterocycles. The maximum Gasteiger partial charge on any atom is 0.269 e. The standard InChI is InChI=1S/C14H18N2O3/c1-11(17)8-13-6-3-7-15(13)10-12-4-2-5-14(9-12)16(18)19/h2,4-5,9,13H,3,6-8,10H2,1H3. The minimum Gasteiger partial charge on any atom is -0.300 e. The van der Waals surface area contributed by atoms with Gasteiger partial charge < -0.3 is 0 Å². The molecule has 1 aromatic rings. The van der Waals surface area contributed by atoms with Crippen molar-refractivity contribution in [3.8, 4) is 0 Å². The summed E-state index contributed by atoms with van der Waals surface area (Å²) < 4.78 is 0. The molecule has 1 unspecified atom stereocenters. The number of nitro groups is 1. The number of benzene rings is 1. The highest BCUT2D eigenvalue weighted by atomic mass is 16.6. The molecule has 0 aromatic heterocycles. The Morgan fingerprint density at radius 1 is 1.53 bits per heavy atom. The van der Waals surface area contributed by atoms with E-state index in [0.29, 0.717) is 13.0 Å². The van der Waals surface area contributed by atoms with Crippen LogP contribution in [0.15, 0.2) is 24.3 Å². The number of Topliss-reactive ketones (excluding diaryl/α,β-unsaturated/α-hetero) is 1. The number of non-ortho nitro benzene ring substituents is 1. The minimum absolute atomic E-state index is 0.125. The molecule has 5 heteroatoms. The molecular weight excluding hydrogens is 244 g/mol. The zero-order valence-corrected chi connectivity index (χ0v) is 11.0. The Morgan fingerprint density at radius 3 is 3.00 bits per heavy atom. The van der Waals surface area contributed by atoms with Crippen LogP contribution in [0, 0.1) is 10.1 Å². The van der Waals surface area contributed by atoms with Gasteiger partial charge in [0.15, 0.2) is 0 Å². The van der Waals surface area contributed by atoms with Crippen LogP contribution in [0.25, 0.3) is 0 Å². The number of nitro benzene ring substituents is 1. The van der Waals surface area contributed by atoms with E-state index in [9.17, 15) is 14.9 Å². The third-order valence-electron chi connectivity index (χ3n) is 3.53. The van der Waals surface area contributed by atoms with Gasteiger partial charge >= 0.3 is 0 Å². The van der Waals surface area contributed by atoms with Gasteiger partial charge in [-0.3, -0.25) is 19.8 Å². The fourth-order valence-corrected chi connectivity index (χ4v) is 2.67. The second-order valence-corrected chi connectivity index (χ2v) is 5.10. The molecule has 19 heavy (non-hydrogen) atoms. The number of carbonyl (C=O) groups is 1. The zero-order chi connectivity index (χ0) is 13.8. The summed E-state index contributed by atoms with van der Waals surface area (Å²) in [5, 5.41) is 10.7. The van der Waals surface area contributed by atoms with E-state index in [4.69, 9.17) is 0 Å². The highest BCUT2D eigenvalue weighted by Crippen LogP contribution is 2.24. The normalized spacial score (nSPS) is 19.5. The van der Waals surface area contributed by atoms with Crippen LogP contribution in [0.5, 0.6) is 0 Å². The van der Waals surface area contributed by atoms with E-state index in [0.717, 1.165) is 24.9 Å². The molecule has 0 N–H and O–H groups in total. The van der Waals surface area contributed by atoms with Crippen molar-refractivity contribution in [2.75, 3.05) is 6.54 Å². The fraction of sp³-hybridized carbons (Fsp3) is 0.500. The van der Waals surface area contributed by atoms with Gasteiger partial charge in [-0.25, -0.2) is 0 Å². The molecular formula is C14H18N2O3. The summed E-state index contributed by atoms with van der Waals surface area (Å²) in [4.78, 5) is 23.8. The Bertz CT molecular complexity index is 487. The molecule has 1 aliphatic rings. The van der Waals surface area contributed by atoms with Crippen molar-refractivity contribution in [2.45, 2.75) is 38.8 Å². The first-order valence-corrected chi connectivity index (χ1v) is 6.53. The Hall–Kier alpha value is -1.75. The van der Waals surface area contributed by atoms with Crippen LogP contribution in [-0.2, 0) is 11.3 Å². The van der Waals surface area contributed by atoms with Gasteiger partial charge in [-0.2, -0.15) is 0 Å². The third-order valence-corrected chi connectivity index (χ3v) is 3.53. The van der Waals surface area contributed by atoms with E-state index in [1.165, 1.54) is 6.07 Å². The molecule has 1 aromatic carbocycles. The number of hydrogen-bond acceptors (Lipinski definition) is 4. The topological polar surface area (TPSA) is 63.5 Å². The van der Waals surface area contributed by atoms with E-state index >= 15 is 0 Å². The molecule has 0 saturated carbocycles. The molecule has 1 saturated heterocycles. The van der Waals surface area contributed by atoms with Crippen LogP contribution in [0.2, 0.25) is 0 Å². The van der Waals surface area contributed by atoms with Crippen LogP contribution >= 0.6 is 0 Å². The lowest BCUT2D eigenvalue weighted by molar-refractivity contribution is -0.384. The average molecular weight is 262 g/mol. The van der Waals surface area contributed by atoms with E-state index < -0.39 is 0 Å². The average Bonchev–Trinajstić information content (AvgIpc) is 2.76. The summed E-state index contributed by atoms with van der Waals surface area (Å²) >= 11 is 0. The van der Waals surface area contributed by atoms with Crippen molar-refractivity contribution >= 4 is 11.5 Å². The maximum atomic E-state index is 11.2. The number of ketones is 1. The van der Waals surface area contributed by atoms with Crippen molar-refractivity contribution in [3.05, 3.63) is 39.9 Å². The number of nitrogens with zero attached hydrogens (tertiary/aromatic N) is 2. The Labute approximate surface area is 112 Å². The van der Waals surface area contributed by atoms with Crippen molar-refractivity contribution in [1.29, 1.82) is 0 Å². The lowest BCUT2D eigenvalue weighted by Crippen LogP contribution is -2.30.